The third-order valence-corrected chi connectivity index (χ3v) is 4.78. The van der Waals surface area contributed by atoms with E-state index in [4.69, 9.17) is 0 Å². The van der Waals surface area contributed by atoms with Crippen molar-refractivity contribution in [1.82, 2.24) is 0 Å². The predicted octanol–water partition coefficient (Wildman–Crippen LogP) is 4.24. The van der Waals surface area contributed by atoms with Crippen LogP contribution in [0.5, 0.6) is 0 Å². The second-order valence-electron chi connectivity index (χ2n) is 6.07. The summed E-state index contributed by atoms with van der Waals surface area (Å²) < 4.78 is 0. The predicted molar refractivity (Wildman–Crippen MR) is 91.9 cm³/mol. The van der Waals surface area contributed by atoms with Gasteiger partial charge in [0.1, 0.15) is 0 Å². The molecule has 1 aliphatic heterocycles. The summed E-state index contributed by atoms with van der Waals surface area (Å²) in [5.41, 5.74) is 0.717. The normalized spacial score (nSPS) is 15.6. The Morgan fingerprint density at radius 3 is 2.04 bits per heavy atom. The summed E-state index contributed by atoms with van der Waals surface area (Å²) in [7, 11) is 0. The van der Waals surface area contributed by atoms with Crippen molar-refractivity contribution in [1.29, 1.82) is 0 Å². The van der Waals surface area contributed by atoms with Crippen LogP contribution in [-0.4, -0.2) is 11.8 Å². The molecule has 3 nitrogen and oxygen atoms in total. The number of hydrogen-bond acceptors (Lipinski definition) is 2. The molecule has 0 aliphatic carbocycles. The molecule has 0 N–H and O–H groups in total. The zero-order valence-corrected chi connectivity index (χ0v) is 12.4. The van der Waals surface area contributed by atoms with Crippen molar-refractivity contribution in [3.8, 4) is 0 Å². The van der Waals surface area contributed by atoms with Crippen molar-refractivity contribution >= 4 is 49.8 Å². The Labute approximate surface area is 132 Å². The van der Waals surface area contributed by atoms with Crippen LogP contribution in [0.2, 0.25) is 0 Å². The number of nitrogens with zero attached hydrogens (tertiary/aromatic N) is 1. The smallest absolute Gasteiger partial charge is 0.234 e. The van der Waals surface area contributed by atoms with Crippen molar-refractivity contribution in [3.63, 3.8) is 0 Å². The van der Waals surface area contributed by atoms with E-state index in [-0.39, 0.29) is 11.8 Å². The van der Waals surface area contributed by atoms with Gasteiger partial charge in [0.15, 0.2) is 0 Å². The van der Waals surface area contributed by atoms with Gasteiger partial charge in [-0.3, -0.25) is 9.59 Å². The number of amides is 2. The van der Waals surface area contributed by atoms with E-state index in [2.05, 4.69) is 24.3 Å². The van der Waals surface area contributed by atoms with Crippen molar-refractivity contribution in [3.05, 3.63) is 54.6 Å². The summed E-state index contributed by atoms with van der Waals surface area (Å²) in [5, 5.41) is 6.67. The Bertz CT molecular complexity index is 1100. The first-order valence-corrected chi connectivity index (χ1v) is 7.76. The highest BCUT2D eigenvalue weighted by atomic mass is 16.2. The second kappa shape index (κ2) is 4.29. The summed E-state index contributed by atoms with van der Waals surface area (Å²) in [6, 6.07) is 18.4. The van der Waals surface area contributed by atoms with E-state index in [1.165, 1.54) is 15.7 Å². The highest BCUT2D eigenvalue weighted by Crippen LogP contribution is 2.40. The first kappa shape index (κ1) is 12.6. The van der Waals surface area contributed by atoms with Gasteiger partial charge in [0, 0.05) is 18.2 Å². The van der Waals surface area contributed by atoms with Crippen LogP contribution in [0.4, 0.5) is 5.69 Å². The van der Waals surface area contributed by atoms with Crippen molar-refractivity contribution in [2.24, 2.45) is 0 Å². The summed E-state index contributed by atoms with van der Waals surface area (Å²) >= 11 is 0. The number of benzene rings is 4. The largest absolute Gasteiger partial charge is 0.274 e. The van der Waals surface area contributed by atoms with Gasteiger partial charge in [0.05, 0.1) is 5.69 Å². The van der Waals surface area contributed by atoms with Crippen LogP contribution in [0.1, 0.15) is 12.8 Å². The molecule has 5 rings (SSSR count). The lowest BCUT2D eigenvalue weighted by Crippen LogP contribution is -2.28. The van der Waals surface area contributed by atoms with Crippen LogP contribution in [0.15, 0.2) is 54.6 Å². The van der Waals surface area contributed by atoms with E-state index in [0.717, 1.165) is 21.5 Å². The quantitative estimate of drug-likeness (QED) is 0.389. The van der Waals surface area contributed by atoms with Crippen LogP contribution < -0.4 is 4.90 Å². The van der Waals surface area contributed by atoms with Crippen LogP contribution in [-0.2, 0) is 9.59 Å². The summed E-state index contributed by atoms with van der Waals surface area (Å²) in [5.74, 6) is -0.213. The van der Waals surface area contributed by atoms with Crippen molar-refractivity contribution < 1.29 is 9.59 Å². The maximum Gasteiger partial charge on any atom is 0.234 e. The molecule has 1 aliphatic rings. The van der Waals surface area contributed by atoms with Crippen LogP contribution in [0, 0.1) is 0 Å². The number of rotatable bonds is 1. The second-order valence-corrected chi connectivity index (χ2v) is 6.07. The lowest BCUT2D eigenvalue weighted by Gasteiger charge is -2.20. The van der Waals surface area contributed by atoms with Crippen molar-refractivity contribution in [2.75, 3.05) is 4.90 Å². The van der Waals surface area contributed by atoms with Crippen LogP contribution in [0.25, 0.3) is 32.3 Å². The van der Waals surface area contributed by atoms with Crippen LogP contribution >= 0.6 is 0 Å². The zero-order chi connectivity index (χ0) is 15.6. The fourth-order valence-electron chi connectivity index (χ4n) is 3.77. The summed E-state index contributed by atoms with van der Waals surface area (Å²) in [6.07, 6.45) is 0.607. The Hall–Kier alpha value is -2.94. The van der Waals surface area contributed by atoms with E-state index in [9.17, 15) is 9.59 Å². The van der Waals surface area contributed by atoms with Gasteiger partial charge in [-0.25, -0.2) is 4.90 Å². The molecule has 4 aromatic rings. The molecule has 1 fully saturated rings. The molecule has 0 atom stereocenters. The molecule has 110 valence electrons. The van der Waals surface area contributed by atoms with E-state index >= 15 is 0 Å². The number of imide groups is 1. The first-order valence-electron chi connectivity index (χ1n) is 7.76. The van der Waals surface area contributed by atoms with Gasteiger partial charge in [-0.2, -0.15) is 0 Å². The Morgan fingerprint density at radius 1 is 0.696 bits per heavy atom. The highest BCUT2D eigenvalue weighted by Gasteiger charge is 2.32. The third kappa shape index (κ3) is 1.59. The van der Waals surface area contributed by atoms with E-state index in [1.807, 2.05) is 30.3 Å². The Morgan fingerprint density at radius 2 is 1.30 bits per heavy atom. The first-order chi connectivity index (χ1) is 11.2. The van der Waals surface area contributed by atoms with Crippen LogP contribution in [0.3, 0.4) is 0 Å². The van der Waals surface area contributed by atoms with E-state index in [1.54, 1.807) is 0 Å². The monoisotopic (exact) mass is 299 g/mol. The molecule has 1 saturated heterocycles. The number of anilines is 1. The molecule has 1 heterocycles. The van der Waals surface area contributed by atoms with E-state index < -0.39 is 0 Å². The van der Waals surface area contributed by atoms with Gasteiger partial charge in [0.2, 0.25) is 11.8 Å². The number of carbonyl (C=O) groups excluding carboxylic acids is 2. The molecule has 0 spiro atoms. The average Bonchev–Trinajstić information content (AvgIpc) is 2.91. The molecular weight excluding hydrogens is 286 g/mol. The van der Waals surface area contributed by atoms with E-state index in [0.29, 0.717) is 18.5 Å². The van der Waals surface area contributed by atoms with Gasteiger partial charge in [-0.05, 0) is 33.0 Å². The average molecular weight is 299 g/mol. The molecule has 23 heavy (non-hydrogen) atoms. The maximum absolute atomic E-state index is 12.2. The number of hydrogen-bond donors (Lipinski definition) is 0. The van der Waals surface area contributed by atoms with Gasteiger partial charge >= 0.3 is 0 Å². The van der Waals surface area contributed by atoms with Gasteiger partial charge < -0.3 is 0 Å². The van der Waals surface area contributed by atoms with Crippen molar-refractivity contribution in [2.45, 2.75) is 12.8 Å². The minimum Gasteiger partial charge on any atom is -0.274 e. The highest BCUT2D eigenvalue weighted by molar-refractivity contribution is 6.30. The molecule has 0 aromatic heterocycles. The third-order valence-electron chi connectivity index (χ3n) is 4.78. The fourth-order valence-corrected chi connectivity index (χ4v) is 3.77. The van der Waals surface area contributed by atoms with Gasteiger partial charge in [-0.15, -0.1) is 0 Å². The lowest BCUT2D eigenvalue weighted by molar-refractivity contribution is -0.121. The molecule has 0 saturated carbocycles. The Kier molecular flexibility index (Phi) is 2.35. The summed E-state index contributed by atoms with van der Waals surface area (Å²) in [6.45, 7) is 0. The summed E-state index contributed by atoms with van der Waals surface area (Å²) in [4.78, 5) is 25.8. The standard InChI is InChI=1S/C20H13NO2/c22-17-9-10-18(23)21(17)16-11-14-5-1-3-12-7-8-13-4-2-6-15(16)20(13)19(12)14/h1-8,11H,9-10H2. The molecule has 4 aromatic carbocycles. The minimum atomic E-state index is -0.107. The molecule has 3 heteroatoms. The van der Waals surface area contributed by atoms with Gasteiger partial charge in [0.25, 0.3) is 0 Å². The lowest BCUT2D eigenvalue weighted by atomic mass is 9.93. The molecule has 0 radical (unpaired) electrons. The zero-order valence-electron chi connectivity index (χ0n) is 12.4. The topological polar surface area (TPSA) is 37.4 Å². The molecule has 0 bridgehead atoms. The Balaban J connectivity index is 2.00. The molecular formula is C20H13NO2. The fraction of sp³-hybridized carbons (Fsp3) is 0.100. The number of carbonyl (C=O) groups is 2. The molecule has 2 amide bonds. The SMILES string of the molecule is O=C1CCC(=O)N1c1cc2cccc3ccc4cccc1c4c32. The minimum absolute atomic E-state index is 0.107. The molecule has 0 unspecified atom stereocenters. The maximum atomic E-state index is 12.2. The van der Waals surface area contributed by atoms with Gasteiger partial charge in [-0.1, -0.05) is 48.5 Å².